The van der Waals surface area contributed by atoms with Crippen molar-refractivity contribution in [1.29, 1.82) is 0 Å². The number of rotatable bonds is 4. The molecule has 7 heteroatoms. The Bertz CT molecular complexity index is 705. The molecule has 128 valence electrons. The molecule has 1 saturated heterocycles. The number of amides is 2. The number of hydrogen-bond donors (Lipinski definition) is 1. The van der Waals surface area contributed by atoms with Crippen LogP contribution in [0.1, 0.15) is 53.8 Å². The van der Waals surface area contributed by atoms with Gasteiger partial charge in [0.15, 0.2) is 5.76 Å². The Morgan fingerprint density at radius 3 is 2.88 bits per heavy atom. The second kappa shape index (κ2) is 6.90. The summed E-state index contributed by atoms with van der Waals surface area (Å²) in [4.78, 5) is 26.4. The van der Waals surface area contributed by atoms with Crippen molar-refractivity contribution in [2.24, 2.45) is 0 Å². The third kappa shape index (κ3) is 3.50. The van der Waals surface area contributed by atoms with Gasteiger partial charge in [0.05, 0.1) is 6.26 Å². The molecule has 0 bridgehead atoms. The highest BCUT2D eigenvalue weighted by molar-refractivity contribution is 5.93. The fourth-order valence-corrected chi connectivity index (χ4v) is 2.84. The zero-order valence-electron chi connectivity index (χ0n) is 13.9. The van der Waals surface area contributed by atoms with Crippen LogP contribution in [0.25, 0.3) is 0 Å². The molecule has 0 spiro atoms. The van der Waals surface area contributed by atoms with Gasteiger partial charge < -0.3 is 14.6 Å². The third-order valence-corrected chi connectivity index (χ3v) is 4.15. The largest absolute Gasteiger partial charge is 0.459 e. The van der Waals surface area contributed by atoms with Crippen molar-refractivity contribution in [1.82, 2.24) is 20.0 Å². The molecule has 1 aliphatic rings. The molecule has 0 aromatic carbocycles. The predicted molar refractivity (Wildman–Crippen MR) is 87.7 cm³/mol. The van der Waals surface area contributed by atoms with Crippen LogP contribution in [0.3, 0.4) is 0 Å². The van der Waals surface area contributed by atoms with Crippen LogP contribution in [0.4, 0.5) is 0 Å². The van der Waals surface area contributed by atoms with Crippen LogP contribution in [0.5, 0.6) is 0 Å². The van der Waals surface area contributed by atoms with Gasteiger partial charge in [-0.25, -0.2) is 0 Å². The van der Waals surface area contributed by atoms with Gasteiger partial charge in [-0.15, -0.1) is 0 Å². The van der Waals surface area contributed by atoms with Crippen molar-refractivity contribution in [3.8, 4) is 0 Å². The summed E-state index contributed by atoms with van der Waals surface area (Å²) in [6, 6.07) is 5.20. The quantitative estimate of drug-likeness (QED) is 0.931. The molecular formula is C17H22N4O3. The fourth-order valence-electron chi connectivity index (χ4n) is 2.84. The normalized spacial score (nSPS) is 18.0. The van der Waals surface area contributed by atoms with Crippen molar-refractivity contribution in [2.75, 3.05) is 13.1 Å². The molecule has 0 saturated carbocycles. The zero-order valence-corrected chi connectivity index (χ0v) is 13.9. The van der Waals surface area contributed by atoms with Gasteiger partial charge >= 0.3 is 0 Å². The van der Waals surface area contributed by atoms with Gasteiger partial charge in [0.1, 0.15) is 5.69 Å². The van der Waals surface area contributed by atoms with Crippen LogP contribution in [0, 0.1) is 0 Å². The maximum Gasteiger partial charge on any atom is 0.289 e. The van der Waals surface area contributed by atoms with Gasteiger partial charge in [-0.1, -0.05) is 0 Å². The summed E-state index contributed by atoms with van der Waals surface area (Å²) in [5.74, 6) is -0.00705. The van der Waals surface area contributed by atoms with E-state index in [9.17, 15) is 9.59 Å². The molecule has 1 aliphatic heterocycles. The summed E-state index contributed by atoms with van der Waals surface area (Å²) >= 11 is 0. The number of carbonyl (C=O) groups excluding carboxylic acids is 2. The summed E-state index contributed by atoms with van der Waals surface area (Å²) in [7, 11) is 0. The van der Waals surface area contributed by atoms with E-state index in [2.05, 4.69) is 10.4 Å². The minimum Gasteiger partial charge on any atom is -0.459 e. The van der Waals surface area contributed by atoms with E-state index in [1.165, 1.54) is 6.26 Å². The van der Waals surface area contributed by atoms with Gasteiger partial charge in [0, 0.05) is 31.4 Å². The summed E-state index contributed by atoms with van der Waals surface area (Å²) in [6.45, 7) is 5.17. The van der Waals surface area contributed by atoms with Crippen molar-refractivity contribution < 1.29 is 14.0 Å². The minimum atomic E-state index is -0.202. The van der Waals surface area contributed by atoms with E-state index in [0.717, 1.165) is 12.8 Å². The Kier molecular flexibility index (Phi) is 4.69. The highest BCUT2D eigenvalue weighted by Crippen LogP contribution is 2.15. The molecule has 0 radical (unpaired) electrons. The maximum atomic E-state index is 12.3. The Morgan fingerprint density at radius 2 is 2.21 bits per heavy atom. The number of aromatic nitrogens is 2. The van der Waals surface area contributed by atoms with Crippen molar-refractivity contribution >= 4 is 11.8 Å². The molecule has 1 fully saturated rings. The summed E-state index contributed by atoms with van der Waals surface area (Å²) < 4.78 is 6.92. The Labute approximate surface area is 140 Å². The molecule has 0 unspecified atom stereocenters. The van der Waals surface area contributed by atoms with Crippen LogP contribution in [0.15, 0.2) is 35.1 Å². The van der Waals surface area contributed by atoms with Crippen LogP contribution >= 0.6 is 0 Å². The molecule has 1 N–H and O–H groups in total. The van der Waals surface area contributed by atoms with Crippen LogP contribution in [-0.4, -0.2) is 45.6 Å². The topological polar surface area (TPSA) is 80.4 Å². The zero-order chi connectivity index (χ0) is 17.1. The van der Waals surface area contributed by atoms with Crippen molar-refractivity contribution in [2.45, 2.75) is 38.8 Å². The summed E-state index contributed by atoms with van der Waals surface area (Å²) in [6.07, 6.45) is 4.98. The lowest BCUT2D eigenvalue weighted by atomic mass is 10.1. The first-order valence-corrected chi connectivity index (χ1v) is 8.23. The van der Waals surface area contributed by atoms with Gasteiger partial charge in [0.2, 0.25) is 0 Å². The fraction of sp³-hybridized carbons (Fsp3) is 0.471. The number of nitrogens with one attached hydrogen (secondary N) is 1. The maximum absolute atomic E-state index is 12.3. The average Bonchev–Trinajstić information content (AvgIpc) is 3.26. The van der Waals surface area contributed by atoms with E-state index in [-0.39, 0.29) is 23.9 Å². The highest BCUT2D eigenvalue weighted by atomic mass is 16.3. The lowest BCUT2D eigenvalue weighted by Crippen LogP contribution is -2.49. The Morgan fingerprint density at radius 1 is 1.38 bits per heavy atom. The molecule has 0 aliphatic carbocycles. The lowest BCUT2D eigenvalue weighted by molar-refractivity contribution is 0.0646. The first kappa shape index (κ1) is 16.3. The summed E-state index contributed by atoms with van der Waals surface area (Å²) in [5, 5.41) is 7.26. The van der Waals surface area contributed by atoms with E-state index < -0.39 is 0 Å². The molecule has 3 rings (SSSR count). The molecule has 2 aromatic rings. The molecule has 3 heterocycles. The second-order valence-electron chi connectivity index (χ2n) is 6.32. The molecular weight excluding hydrogens is 308 g/mol. The second-order valence-corrected chi connectivity index (χ2v) is 6.32. The average molecular weight is 330 g/mol. The summed E-state index contributed by atoms with van der Waals surface area (Å²) in [5.41, 5.74) is 0.401. The van der Waals surface area contributed by atoms with Gasteiger partial charge in [0.25, 0.3) is 11.8 Å². The van der Waals surface area contributed by atoms with E-state index in [0.29, 0.717) is 24.5 Å². The smallest absolute Gasteiger partial charge is 0.289 e. The molecule has 1 atom stereocenters. The number of furan rings is 1. The lowest BCUT2D eigenvalue weighted by Gasteiger charge is -2.32. The number of carbonyl (C=O) groups is 2. The SMILES string of the molecule is CC(C)n1ccc(C(=O)N[C@H]2CCCN(C(=O)c3ccco3)C2)n1. The van der Waals surface area contributed by atoms with Gasteiger partial charge in [-0.05, 0) is 44.9 Å². The molecule has 2 amide bonds. The van der Waals surface area contributed by atoms with Crippen molar-refractivity contribution in [3.63, 3.8) is 0 Å². The molecule has 7 nitrogen and oxygen atoms in total. The van der Waals surface area contributed by atoms with Crippen LogP contribution in [-0.2, 0) is 0 Å². The first-order chi connectivity index (χ1) is 11.5. The molecule has 24 heavy (non-hydrogen) atoms. The monoisotopic (exact) mass is 330 g/mol. The van der Waals surface area contributed by atoms with E-state index in [1.807, 2.05) is 13.8 Å². The Balaban J connectivity index is 1.60. The predicted octanol–water partition coefficient (Wildman–Crippen LogP) is 2.09. The van der Waals surface area contributed by atoms with Gasteiger partial charge in [-0.2, -0.15) is 5.10 Å². The minimum absolute atomic E-state index is 0.0747. The number of piperidine rings is 1. The van der Waals surface area contributed by atoms with Gasteiger partial charge in [-0.3, -0.25) is 14.3 Å². The first-order valence-electron chi connectivity index (χ1n) is 8.23. The number of nitrogens with zero attached hydrogens (tertiary/aromatic N) is 3. The number of hydrogen-bond acceptors (Lipinski definition) is 4. The highest BCUT2D eigenvalue weighted by Gasteiger charge is 2.27. The van der Waals surface area contributed by atoms with E-state index in [1.54, 1.807) is 34.0 Å². The number of likely N-dealkylation sites (tertiary alicyclic amines) is 1. The van der Waals surface area contributed by atoms with E-state index >= 15 is 0 Å². The van der Waals surface area contributed by atoms with E-state index in [4.69, 9.17) is 4.42 Å². The third-order valence-electron chi connectivity index (χ3n) is 4.15. The molecule has 2 aromatic heterocycles. The van der Waals surface area contributed by atoms with Crippen LogP contribution in [0.2, 0.25) is 0 Å². The standard InChI is InChI=1S/C17H22N4O3/c1-12(2)21-9-7-14(19-21)16(22)18-13-5-3-8-20(11-13)17(23)15-6-4-10-24-15/h4,6-7,9-10,12-13H,3,5,8,11H2,1-2H3,(H,18,22)/t13-/m0/s1. The Hall–Kier alpha value is -2.57. The van der Waals surface area contributed by atoms with Crippen LogP contribution < -0.4 is 5.32 Å². The van der Waals surface area contributed by atoms with Crippen molar-refractivity contribution in [3.05, 3.63) is 42.1 Å².